The number of aryl methyl sites for hydroxylation is 1. The molecule has 1 nitrogen and oxygen atoms in total. The minimum Gasteiger partial charge on any atom is -0.312 e. The SMILES string of the molecule is Cc1ccc(F)c(C2CCCCC2CNC(C)(C)C)c1F. The molecule has 0 aromatic heterocycles. The van der Waals surface area contributed by atoms with Crippen LogP contribution in [0.5, 0.6) is 0 Å². The molecule has 1 aliphatic rings. The van der Waals surface area contributed by atoms with E-state index in [-0.39, 0.29) is 23.1 Å². The van der Waals surface area contributed by atoms with Crippen LogP contribution in [0, 0.1) is 24.5 Å². The fourth-order valence-electron chi connectivity index (χ4n) is 3.29. The maximum absolute atomic E-state index is 14.4. The zero-order valence-electron chi connectivity index (χ0n) is 13.6. The molecule has 21 heavy (non-hydrogen) atoms. The van der Waals surface area contributed by atoms with Gasteiger partial charge >= 0.3 is 0 Å². The molecule has 2 atom stereocenters. The van der Waals surface area contributed by atoms with E-state index in [0.717, 1.165) is 32.2 Å². The molecule has 0 bridgehead atoms. The Kier molecular flexibility index (Phi) is 5.03. The second kappa shape index (κ2) is 6.43. The van der Waals surface area contributed by atoms with Gasteiger partial charge in [0.25, 0.3) is 0 Å². The van der Waals surface area contributed by atoms with Crippen LogP contribution in [0.1, 0.15) is 63.5 Å². The summed E-state index contributed by atoms with van der Waals surface area (Å²) in [4.78, 5) is 0. The molecule has 2 unspecified atom stereocenters. The highest BCUT2D eigenvalue weighted by molar-refractivity contribution is 5.30. The van der Waals surface area contributed by atoms with Gasteiger partial charge in [-0.15, -0.1) is 0 Å². The molecule has 0 amide bonds. The number of rotatable bonds is 3. The molecule has 1 fully saturated rings. The molecule has 1 aliphatic carbocycles. The van der Waals surface area contributed by atoms with E-state index in [2.05, 4.69) is 26.1 Å². The van der Waals surface area contributed by atoms with Crippen LogP contribution in [0.4, 0.5) is 8.78 Å². The summed E-state index contributed by atoms with van der Waals surface area (Å²) < 4.78 is 28.6. The maximum Gasteiger partial charge on any atom is 0.132 e. The van der Waals surface area contributed by atoms with Gasteiger partial charge in [0.05, 0.1) is 0 Å². The topological polar surface area (TPSA) is 12.0 Å². The van der Waals surface area contributed by atoms with E-state index >= 15 is 0 Å². The molecule has 1 N–H and O–H groups in total. The number of nitrogens with one attached hydrogen (secondary N) is 1. The van der Waals surface area contributed by atoms with Crippen LogP contribution in [-0.4, -0.2) is 12.1 Å². The molecule has 1 aromatic carbocycles. The summed E-state index contributed by atoms with van der Waals surface area (Å²) in [5, 5.41) is 3.50. The molecule has 0 radical (unpaired) electrons. The predicted octanol–water partition coefficient (Wildman–Crippen LogP) is 4.94. The summed E-state index contributed by atoms with van der Waals surface area (Å²) in [7, 11) is 0. The lowest BCUT2D eigenvalue weighted by Crippen LogP contribution is -2.41. The summed E-state index contributed by atoms with van der Waals surface area (Å²) in [5.41, 5.74) is 0.890. The van der Waals surface area contributed by atoms with Crippen molar-refractivity contribution in [3.63, 3.8) is 0 Å². The third-order valence-electron chi connectivity index (χ3n) is 4.49. The second-order valence-corrected chi connectivity index (χ2v) is 7.37. The number of halogens is 2. The highest BCUT2D eigenvalue weighted by atomic mass is 19.1. The molecular formula is C18H27F2N. The van der Waals surface area contributed by atoms with E-state index in [4.69, 9.17) is 0 Å². The lowest BCUT2D eigenvalue weighted by molar-refractivity contribution is 0.261. The first-order valence-electron chi connectivity index (χ1n) is 7.99. The van der Waals surface area contributed by atoms with Gasteiger partial charge < -0.3 is 5.32 Å². The molecule has 2 rings (SSSR count). The van der Waals surface area contributed by atoms with Crippen LogP contribution in [0.25, 0.3) is 0 Å². The van der Waals surface area contributed by atoms with Crippen LogP contribution in [0.3, 0.4) is 0 Å². The molecule has 118 valence electrons. The Bertz CT molecular complexity index is 491. The van der Waals surface area contributed by atoms with Crippen molar-refractivity contribution in [1.82, 2.24) is 5.32 Å². The molecule has 3 heteroatoms. The summed E-state index contributed by atoms with van der Waals surface area (Å²) in [5.74, 6) is -0.425. The first kappa shape index (κ1) is 16.4. The van der Waals surface area contributed by atoms with E-state index < -0.39 is 0 Å². The van der Waals surface area contributed by atoms with E-state index in [1.54, 1.807) is 6.92 Å². The lowest BCUT2D eigenvalue weighted by Gasteiger charge is -2.35. The summed E-state index contributed by atoms with van der Waals surface area (Å²) in [6.45, 7) is 8.90. The van der Waals surface area contributed by atoms with Crippen LogP contribution in [0.15, 0.2) is 12.1 Å². The Morgan fingerprint density at radius 1 is 1.14 bits per heavy atom. The zero-order valence-corrected chi connectivity index (χ0v) is 13.6. The molecule has 0 aliphatic heterocycles. The van der Waals surface area contributed by atoms with Crippen LogP contribution in [-0.2, 0) is 0 Å². The largest absolute Gasteiger partial charge is 0.312 e. The van der Waals surface area contributed by atoms with Crippen molar-refractivity contribution >= 4 is 0 Å². The molecule has 1 saturated carbocycles. The van der Waals surface area contributed by atoms with Gasteiger partial charge in [0.1, 0.15) is 11.6 Å². The van der Waals surface area contributed by atoms with E-state index in [1.807, 2.05) is 0 Å². The number of hydrogen-bond donors (Lipinski definition) is 1. The monoisotopic (exact) mass is 295 g/mol. The van der Waals surface area contributed by atoms with E-state index in [9.17, 15) is 8.78 Å². The average molecular weight is 295 g/mol. The van der Waals surface area contributed by atoms with E-state index in [0.29, 0.717) is 17.0 Å². The van der Waals surface area contributed by atoms with Crippen molar-refractivity contribution in [2.24, 2.45) is 5.92 Å². The Hall–Kier alpha value is -0.960. The van der Waals surface area contributed by atoms with Crippen molar-refractivity contribution in [3.05, 3.63) is 34.9 Å². The first-order valence-corrected chi connectivity index (χ1v) is 7.99. The maximum atomic E-state index is 14.4. The van der Waals surface area contributed by atoms with Crippen LogP contribution in [0.2, 0.25) is 0 Å². The standard InChI is InChI=1S/C18H27F2N/c1-12-9-10-15(19)16(17(12)20)14-8-6-5-7-13(14)11-21-18(2,3)4/h9-10,13-14,21H,5-8,11H2,1-4H3. The van der Waals surface area contributed by atoms with Crippen molar-refractivity contribution in [2.75, 3.05) is 6.54 Å². The number of benzene rings is 1. The molecule has 1 aromatic rings. The quantitative estimate of drug-likeness (QED) is 0.833. The fraction of sp³-hybridized carbons (Fsp3) is 0.667. The van der Waals surface area contributed by atoms with Gasteiger partial charge in [0.2, 0.25) is 0 Å². The summed E-state index contributed by atoms with van der Waals surface area (Å²) in [6.07, 6.45) is 4.14. The number of hydrogen-bond acceptors (Lipinski definition) is 1. The molecule has 0 spiro atoms. The lowest BCUT2D eigenvalue weighted by atomic mass is 9.74. The highest BCUT2D eigenvalue weighted by Crippen LogP contribution is 2.40. The summed E-state index contributed by atoms with van der Waals surface area (Å²) in [6, 6.07) is 2.94. The van der Waals surface area contributed by atoms with E-state index in [1.165, 1.54) is 12.1 Å². The fourth-order valence-corrected chi connectivity index (χ4v) is 3.29. The van der Waals surface area contributed by atoms with Gasteiger partial charge in [0, 0.05) is 11.1 Å². The van der Waals surface area contributed by atoms with Crippen molar-refractivity contribution < 1.29 is 8.78 Å². The third-order valence-corrected chi connectivity index (χ3v) is 4.49. The Morgan fingerprint density at radius 2 is 1.81 bits per heavy atom. The smallest absolute Gasteiger partial charge is 0.132 e. The second-order valence-electron chi connectivity index (χ2n) is 7.37. The average Bonchev–Trinajstić information content (AvgIpc) is 2.41. The summed E-state index contributed by atoms with van der Waals surface area (Å²) >= 11 is 0. The van der Waals surface area contributed by atoms with Crippen molar-refractivity contribution in [3.8, 4) is 0 Å². The Labute approximate surface area is 127 Å². The third kappa shape index (κ3) is 4.03. The van der Waals surface area contributed by atoms with Crippen LogP contribution < -0.4 is 5.32 Å². The van der Waals surface area contributed by atoms with Gasteiger partial charge in [-0.3, -0.25) is 0 Å². The van der Waals surface area contributed by atoms with Gasteiger partial charge in [-0.25, -0.2) is 8.78 Å². The minimum absolute atomic E-state index is 0.00602. The van der Waals surface area contributed by atoms with Gasteiger partial charge in [0.15, 0.2) is 0 Å². The predicted molar refractivity (Wildman–Crippen MR) is 83.5 cm³/mol. The minimum atomic E-state index is -0.384. The van der Waals surface area contributed by atoms with Gasteiger partial charge in [-0.05, 0) is 70.5 Å². The zero-order chi connectivity index (χ0) is 15.6. The van der Waals surface area contributed by atoms with Gasteiger partial charge in [-0.2, -0.15) is 0 Å². The normalized spacial score (nSPS) is 23.3. The molecular weight excluding hydrogens is 268 g/mol. The first-order chi connectivity index (χ1) is 9.79. The Morgan fingerprint density at radius 3 is 2.48 bits per heavy atom. The van der Waals surface area contributed by atoms with Crippen molar-refractivity contribution in [1.29, 1.82) is 0 Å². The van der Waals surface area contributed by atoms with Crippen LogP contribution >= 0.6 is 0 Å². The Balaban J connectivity index is 2.25. The molecule has 0 heterocycles. The molecule has 0 saturated heterocycles. The van der Waals surface area contributed by atoms with Gasteiger partial charge in [-0.1, -0.05) is 18.9 Å². The van der Waals surface area contributed by atoms with Crippen molar-refractivity contribution in [2.45, 2.75) is 64.8 Å². The highest BCUT2D eigenvalue weighted by Gasteiger charge is 2.31.